The van der Waals surface area contributed by atoms with E-state index in [0.29, 0.717) is 24.8 Å². The predicted octanol–water partition coefficient (Wildman–Crippen LogP) is 0.778. The molecule has 1 N–H and O–H groups in total. The average Bonchev–Trinajstić information content (AvgIpc) is 3.08. The van der Waals surface area contributed by atoms with E-state index in [9.17, 15) is 14.4 Å². The Morgan fingerprint density at radius 3 is 2.76 bits per heavy atom. The molecular weight excluding hydrogens is 378 g/mol. The number of nitrogens with zero attached hydrogens (tertiary/aromatic N) is 5. The summed E-state index contributed by atoms with van der Waals surface area (Å²) in [5.41, 5.74) is -0.0463. The lowest BCUT2D eigenvalue weighted by atomic mass is 10.1. The molecule has 0 saturated heterocycles. The zero-order valence-corrected chi connectivity index (χ0v) is 16.3. The van der Waals surface area contributed by atoms with E-state index in [1.807, 2.05) is 29.2 Å². The molecule has 0 bridgehead atoms. The highest BCUT2D eigenvalue weighted by Gasteiger charge is 2.30. The first-order valence-electron chi connectivity index (χ1n) is 9.15. The Labute approximate surface area is 165 Å². The molecule has 1 atom stereocenters. The number of ether oxygens (including phenoxy) is 1. The van der Waals surface area contributed by atoms with E-state index in [-0.39, 0.29) is 17.1 Å². The molecule has 29 heavy (non-hydrogen) atoms. The van der Waals surface area contributed by atoms with E-state index in [1.54, 1.807) is 11.7 Å². The van der Waals surface area contributed by atoms with Crippen molar-refractivity contribution in [2.45, 2.75) is 20.0 Å². The Balaban J connectivity index is 1.99. The van der Waals surface area contributed by atoms with Crippen molar-refractivity contribution in [1.82, 2.24) is 18.7 Å². The molecule has 0 radical (unpaired) electrons. The number of aromatic nitrogens is 4. The first kappa shape index (κ1) is 18.8. The summed E-state index contributed by atoms with van der Waals surface area (Å²) in [7, 11) is 3.08. The molecule has 1 aromatic carbocycles. The monoisotopic (exact) mass is 399 g/mol. The van der Waals surface area contributed by atoms with Crippen molar-refractivity contribution in [1.29, 1.82) is 0 Å². The summed E-state index contributed by atoms with van der Waals surface area (Å²) >= 11 is 0. The van der Waals surface area contributed by atoms with E-state index < -0.39 is 23.8 Å². The molecule has 0 spiro atoms. The van der Waals surface area contributed by atoms with Crippen LogP contribution in [0.2, 0.25) is 0 Å². The van der Waals surface area contributed by atoms with Crippen LogP contribution in [0.1, 0.15) is 6.92 Å². The maximum Gasteiger partial charge on any atom is 0.333 e. The standard InChI is InChI=1S/C19H21N5O5/c1-11-8-22(12-5-4-6-13(7-12)29-3)18-20-16-15(23(18)9-11)17(27)24(10-14(25)26)19(28)21(16)2/h4-7,11H,8-10H2,1-3H3,(H,25,26). The smallest absolute Gasteiger partial charge is 0.333 e. The van der Waals surface area contributed by atoms with E-state index in [4.69, 9.17) is 9.84 Å². The summed E-state index contributed by atoms with van der Waals surface area (Å²) in [6.07, 6.45) is 0. The zero-order chi connectivity index (χ0) is 20.9. The molecule has 0 fully saturated rings. The van der Waals surface area contributed by atoms with Crippen molar-refractivity contribution >= 4 is 28.8 Å². The van der Waals surface area contributed by atoms with Gasteiger partial charge in [-0.3, -0.25) is 14.2 Å². The zero-order valence-electron chi connectivity index (χ0n) is 16.3. The molecule has 0 saturated carbocycles. The van der Waals surface area contributed by atoms with Gasteiger partial charge in [0.15, 0.2) is 11.2 Å². The van der Waals surface area contributed by atoms with E-state index in [1.165, 1.54) is 11.6 Å². The number of methoxy groups -OCH3 is 1. The van der Waals surface area contributed by atoms with Gasteiger partial charge in [-0.05, 0) is 18.1 Å². The quantitative estimate of drug-likeness (QED) is 0.690. The highest BCUT2D eigenvalue weighted by atomic mass is 16.5. The van der Waals surface area contributed by atoms with E-state index in [0.717, 1.165) is 10.3 Å². The number of rotatable bonds is 4. The third kappa shape index (κ3) is 2.96. The molecule has 4 rings (SSSR count). The van der Waals surface area contributed by atoms with Crippen LogP contribution in [-0.2, 0) is 24.9 Å². The summed E-state index contributed by atoms with van der Waals surface area (Å²) in [5, 5.41) is 9.10. The van der Waals surface area contributed by atoms with Crippen LogP contribution < -0.4 is 20.9 Å². The number of aryl methyl sites for hydroxylation is 1. The minimum absolute atomic E-state index is 0.190. The van der Waals surface area contributed by atoms with Gasteiger partial charge in [-0.25, -0.2) is 9.36 Å². The van der Waals surface area contributed by atoms with Gasteiger partial charge in [0.05, 0.1) is 7.11 Å². The molecule has 3 aromatic rings. The van der Waals surface area contributed by atoms with Gasteiger partial charge >= 0.3 is 11.7 Å². The number of carboxylic acids is 1. The van der Waals surface area contributed by atoms with Gasteiger partial charge in [0.2, 0.25) is 5.95 Å². The van der Waals surface area contributed by atoms with Gasteiger partial charge in [-0.15, -0.1) is 0 Å². The highest BCUT2D eigenvalue weighted by Crippen LogP contribution is 2.34. The highest BCUT2D eigenvalue weighted by molar-refractivity contribution is 5.77. The van der Waals surface area contributed by atoms with Crippen LogP contribution in [0, 0.1) is 5.92 Å². The van der Waals surface area contributed by atoms with Crippen molar-refractivity contribution in [3.63, 3.8) is 0 Å². The predicted molar refractivity (Wildman–Crippen MR) is 106 cm³/mol. The average molecular weight is 399 g/mol. The molecule has 0 amide bonds. The molecule has 1 unspecified atom stereocenters. The lowest BCUT2D eigenvalue weighted by Gasteiger charge is -2.33. The molecule has 0 aliphatic carbocycles. The Bertz CT molecular complexity index is 1240. The third-order valence-corrected chi connectivity index (χ3v) is 5.10. The van der Waals surface area contributed by atoms with Crippen LogP contribution in [0.3, 0.4) is 0 Å². The van der Waals surface area contributed by atoms with Crippen LogP contribution in [-0.4, -0.2) is 43.4 Å². The van der Waals surface area contributed by atoms with Gasteiger partial charge < -0.3 is 19.3 Å². The van der Waals surface area contributed by atoms with Crippen molar-refractivity contribution in [3.8, 4) is 5.75 Å². The number of carbonyl (C=O) groups is 1. The van der Waals surface area contributed by atoms with Crippen LogP contribution in [0.5, 0.6) is 5.75 Å². The molecule has 1 aliphatic heterocycles. The van der Waals surface area contributed by atoms with Crippen molar-refractivity contribution in [2.75, 3.05) is 18.6 Å². The van der Waals surface area contributed by atoms with Crippen molar-refractivity contribution in [3.05, 3.63) is 45.1 Å². The number of carboxylic acid groups (broad SMARTS) is 1. The normalized spacial score (nSPS) is 16.1. The fourth-order valence-corrected chi connectivity index (χ4v) is 3.78. The number of fused-ring (bicyclic) bond motifs is 3. The van der Waals surface area contributed by atoms with Gasteiger partial charge in [-0.1, -0.05) is 13.0 Å². The van der Waals surface area contributed by atoms with Gasteiger partial charge in [0, 0.05) is 31.9 Å². The first-order valence-corrected chi connectivity index (χ1v) is 9.15. The number of hydrogen-bond donors (Lipinski definition) is 1. The molecule has 1 aliphatic rings. The van der Waals surface area contributed by atoms with Crippen LogP contribution in [0.25, 0.3) is 11.2 Å². The second-order valence-electron chi connectivity index (χ2n) is 7.24. The Morgan fingerprint density at radius 2 is 2.07 bits per heavy atom. The molecule has 152 valence electrons. The SMILES string of the molecule is COc1cccc(N2CC(C)Cn3c2nc2c3c(=O)n(CC(=O)O)c(=O)n2C)c1. The minimum Gasteiger partial charge on any atom is -0.497 e. The number of benzene rings is 1. The van der Waals surface area contributed by atoms with Crippen LogP contribution >= 0.6 is 0 Å². The van der Waals surface area contributed by atoms with Gasteiger partial charge in [-0.2, -0.15) is 4.98 Å². The van der Waals surface area contributed by atoms with E-state index in [2.05, 4.69) is 11.9 Å². The second-order valence-corrected chi connectivity index (χ2v) is 7.24. The van der Waals surface area contributed by atoms with Crippen molar-refractivity contribution in [2.24, 2.45) is 13.0 Å². The Morgan fingerprint density at radius 1 is 1.31 bits per heavy atom. The Hall–Kier alpha value is -3.56. The van der Waals surface area contributed by atoms with Crippen LogP contribution in [0.15, 0.2) is 33.9 Å². The number of aliphatic carboxylic acids is 1. The number of hydrogen-bond acceptors (Lipinski definition) is 6. The summed E-state index contributed by atoms with van der Waals surface area (Å²) in [6, 6.07) is 7.51. The molecule has 3 heterocycles. The second kappa shape index (κ2) is 6.80. The van der Waals surface area contributed by atoms with Crippen LogP contribution in [0.4, 0.5) is 11.6 Å². The fourth-order valence-electron chi connectivity index (χ4n) is 3.78. The largest absolute Gasteiger partial charge is 0.497 e. The van der Waals surface area contributed by atoms with Gasteiger partial charge in [0.1, 0.15) is 12.3 Å². The first-order chi connectivity index (χ1) is 13.8. The summed E-state index contributed by atoms with van der Waals surface area (Å²) in [4.78, 5) is 43.3. The minimum atomic E-state index is -1.26. The summed E-state index contributed by atoms with van der Waals surface area (Å²) in [6.45, 7) is 2.57. The number of imidazole rings is 1. The maximum absolute atomic E-state index is 13.0. The van der Waals surface area contributed by atoms with Crippen molar-refractivity contribution < 1.29 is 14.6 Å². The third-order valence-electron chi connectivity index (χ3n) is 5.10. The summed E-state index contributed by atoms with van der Waals surface area (Å²) in [5.74, 6) is 0.162. The molecular formula is C19H21N5O5. The summed E-state index contributed by atoms with van der Waals surface area (Å²) < 4.78 is 9.04. The number of anilines is 2. The van der Waals surface area contributed by atoms with Gasteiger partial charge in [0.25, 0.3) is 5.56 Å². The Kier molecular flexibility index (Phi) is 4.40. The maximum atomic E-state index is 13.0. The molecule has 2 aromatic heterocycles. The topological polar surface area (TPSA) is 112 Å². The lowest BCUT2D eigenvalue weighted by Crippen LogP contribution is -2.41. The fraction of sp³-hybridized carbons (Fsp3) is 0.368. The molecule has 10 heteroatoms. The van der Waals surface area contributed by atoms with E-state index >= 15 is 0 Å². The molecule has 10 nitrogen and oxygen atoms in total. The lowest BCUT2D eigenvalue weighted by molar-refractivity contribution is -0.137.